The fourth-order valence-corrected chi connectivity index (χ4v) is 2.50. The van der Waals surface area contributed by atoms with Crippen molar-refractivity contribution in [3.8, 4) is 0 Å². The molecule has 26 heavy (non-hydrogen) atoms. The maximum atomic E-state index is 12.3. The van der Waals surface area contributed by atoms with E-state index in [2.05, 4.69) is 20.0 Å². The first kappa shape index (κ1) is 19.9. The Labute approximate surface area is 150 Å². The maximum absolute atomic E-state index is 12.3. The van der Waals surface area contributed by atoms with Crippen molar-refractivity contribution in [1.29, 1.82) is 0 Å². The number of rotatable bonds is 9. The van der Waals surface area contributed by atoms with Crippen LogP contribution in [0.4, 0.5) is 18.9 Å². The second-order valence-corrected chi connectivity index (χ2v) is 6.14. The highest BCUT2D eigenvalue weighted by Gasteiger charge is 2.38. The second-order valence-electron chi connectivity index (χ2n) is 6.14. The van der Waals surface area contributed by atoms with Gasteiger partial charge in [0.15, 0.2) is 5.82 Å². The molecule has 0 unspecified atom stereocenters. The Bertz CT molecular complexity index is 714. The Morgan fingerprint density at radius 3 is 2.50 bits per heavy atom. The molecule has 0 aliphatic heterocycles. The number of unbranched alkanes of at least 4 members (excludes halogenated alkanes) is 4. The zero-order chi connectivity index (χ0) is 19.0. The summed E-state index contributed by atoms with van der Waals surface area (Å²) in [5.74, 6) is -1.23. The van der Waals surface area contributed by atoms with E-state index < -0.39 is 12.1 Å². The highest BCUT2D eigenvalue weighted by Crippen LogP contribution is 2.27. The van der Waals surface area contributed by atoms with Crippen LogP contribution >= 0.6 is 0 Å². The number of hydrogen-bond acceptors (Lipinski definition) is 4. The van der Waals surface area contributed by atoms with Crippen molar-refractivity contribution in [2.75, 3.05) is 5.32 Å². The summed E-state index contributed by atoms with van der Waals surface area (Å²) < 4.78 is 41.2. The van der Waals surface area contributed by atoms with E-state index in [1.807, 2.05) is 31.2 Å². The minimum absolute atomic E-state index is 0.00854. The van der Waals surface area contributed by atoms with Crippen LogP contribution in [0.3, 0.4) is 0 Å². The number of nitrogens with zero attached hydrogens (tertiary/aromatic N) is 2. The zero-order valence-corrected chi connectivity index (χ0v) is 14.6. The van der Waals surface area contributed by atoms with Gasteiger partial charge in [-0.2, -0.15) is 18.2 Å². The lowest BCUT2D eigenvalue weighted by atomic mass is 10.1. The van der Waals surface area contributed by atoms with E-state index in [1.54, 1.807) is 0 Å². The summed E-state index contributed by atoms with van der Waals surface area (Å²) in [6.45, 7) is 1.94. The molecule has 1 aromatic carbocycles. The smallest absolute Gasteiger partial charge is 0.329 e. The lowest BCUT2D eigenvalue weighted by Crippen LogP contribution is -2.11. The van der Waals surface area contributed by atoms with Crippen molar-refractivity contribution in [2.45, 2.75) is 58.0 Å². The van der Waals surface area contributed by atoms with Gasteiger partial charge in [-0.3, -0.25) is 4.79 Å². The van der Waals surface area contributed by atoms with E-state index in [4.69, 9.17) is 0 Å². The molecule has 1 heterocycles. The van der Waals surface area contributed by atoms with Crippen molar-refractivity contribution < 1.29 is 22.5 Å². The fourth-order valence-electron chi connectivity index (χ4n) is 2.50. The van der Waals surface area contributed by atoms with E-state index in [9.17, 15) is 18.0 Å². The number of hydrogen-bond donors (Lipinski definition) is 1. The molecule has 5 nitrogen and oxygen atoms in total. The summed E-state index contributed by atoms with van der Waals surface area (Å²) in [6, 6.07) is 7.61. The number of amides is 1. The maximum Gasteiger partial charge on any atom is 0.471 e. The SMILES string of the molecule is Cc1ccccc1NC(=O)CCCCCCCc1noc(C(F)(F)F)n1. The summed E-state index contributed by atoms with van der Waals surface area (Å²) in [5, 5.41) is 6.22. The van der Waals surface area contributed by atoms with Gasteiger partial charge in [-0.05, 0) is 31.4 Å². The first-order valence-corrected chi connectivity index (χ1v) is 8.61. The number of para-hydroxylation sites is 1. The summed E-state index contributed by atoms with van der Waals surface area (Å²) in [7, 11) is 0. The van der Waals surface area contributed by atoms with Crippen LogP contribution in [-0.4, -0.2) is 16.0 Å². The highest BCUT2D eigenvalue weighted by atomic mass is 19.4. The molecule has 0 atom stereocenters. The quantitative estimate of drug-likeness (QED) is 0.637. The number of halogens is 3. The Morgan fingerprint density at radius 2 is 1.81 bits per heavy atom. The van der Waals surface area contributed by atoms with Crippen molar-refractivity contribution in [2.24, 2.45) is 0 Å². The Kier molecular flexibility index (Phi) is 7.17. The summed E-state index contributed by atoms with van der Waals surface area (Å²) >= 11 is 0. The van der Waals surface area contributed by atoms with E-state index >= 15 is 0 Å². The van der Waals surface area contributed by atoms with Crippen LogP contribution in [-0.2, 0) is 17.4 Å². The summed E-state index contributed by atoms with van der Waals surface area (Å²) in [5.41, 5.74) is 1.85. The van der Waals surface area contributed by atoms with Crippen molar-refractivity contribution in [1.82, 2.24) is 10.1 Å². The zero-order valence-electron chi connectivity index (χ0n) is 14.6. The van der Waals surface area contributed by atoms with Crippen LogP contribution in [0.2, 0.25) is 0 Å². The number of carbonyl (C=O) groups is 1. The van der Waals surface area contributed by atoms with Gasteiger partial charge in [0, 0.05) is 18.5 Å². The van der Waals surface area contributed by atoms with Crippen LogP contribution in [0.1, 0.15) is 55.8 Å². The molecular weight excluding hydrogens is 347 g/mol. The van der Waals surface area contributed by atoms with Crippen LogP contribution < -0.4 is 5.32 Å². The largest absolute Gasteiger partial charge is 0.471 e. The van der Waals surface area contributed by atoms with Crippen molar-refractivity contribution in [3.63, 3.8) is 0 Å². The number of alkyl halides is 3. The predicted octanol–water partition coefficient (Wildman–Crippen LogP) is 4.92. The Hall–Kier alpha value is -2.38. The van der Waals surface area contributed by atoms with Gasteiger partial charge in [-0.25, -0.2) is 0 Å². The molecule has 8 heteroatoms. The van der Waals surface area contributed by atoms with Crippen molar-refractivity contribution in [3.05, 3.63) is 41.5 Å². The molecule has 0 saturated heterocycles. The van der Waals surface area contributed by atoms with Crippen molar-refractivity contribution >= 4 is 11.6 Å². The number of nitrogens with one attached hydrogen (secondary N) is 1. The standard InChI is InChI=1S/C18H22F3N3O2/c1-13-9-7-8-10-14(13)22-16(25)12-6-4-2-3-5-11-15-23-17(26-24-15)18(19,20)21/h7-10H,2-6,11-12H2,1H3,(H,22,25). The third kappa shape index (κ3) is 6.50. The van der Waals surface area contributed by atoms with Crippen LogP contribution in [0, 0.1) is 6.92 Å². The molecule has 0 radical (unpaired) electrons. The van der Waals surface area contributed by atoms with Crippen LogP contribution in [0.15, 0.2) is 28.8 Å². The predicted molar refractivity (Wildman–Crippen MR) is 90.5 cm³/mol. The van der Waals surface area contributed by atoms with E-state index in [0.717, 1.165) is 36.9 Å². The number of aryl methyl sites for hydroxylation is 2. The minimum atomic E-state index is -4.59. The van der Waals surface area contributed by atoms with Crippen LogP contribution in [0.25, 0.3) is 0 Å². The van der Waals surface area contributed by atoms with E-state index in [-0.39, 0.29) is 11.7 Å². The molecule has 142 valence electrons. The first-order valence-electron chi connectivity index (χ1n) is 8.61. The fraction of sp³-hybridized carbons (Fsp3) is 0.500. The minimum Gasteiger partial charge on any atom is -0.329 e. The Morgan fingerprint density at radius 1 is 1.12 bits per heavy atom. The lowest BCUT2D eigenvalue weighted by molar-refractivity contribution is -0.159. The molecule has 2 aromatic rings. The average Bonchev–Trinajstić information content (AvgIpc) is 3.05. The molecule has 0 spiro atoms. The molecule has 1 N–H and O–H groups in total. The molecule has 2 rings (SSSR count). The van der Waals surface area contributed by atoms with Gasteiger partial charge in [0.1, 0.15) is 0 Å². The van der Waals surface area contributed by atoms with Gasteiger partial charge in [-0.15, -0.1) is 0 Å². The number of aromatic nitrogens is 2. The second kappa shape index (κ2) is 9.35. The van der Waals surface area contributed by atoms with Gasteiger partial charge >= 0.3 is 12.1 Å². The molecular formula is C18H22F3N3O2. The molecule has 0 aliphatic rings. The highest BCUT2D eigenvalue weighted by molar-refractivity contribution is 5.91. The third-order valence-corrected chi connectivity index (χ3v) is 3.93. The van der Waals surface area contributed by atoms with Gasteiger partial charge in [-0.1, -0.05) is 42.6 Å². The van der Waals surface area contributed by atoms with Gasteiger partial charge in [0.05, 0.1) is 0 Å². The monoisotopic (exact) mass is 369 g/mol. The third-order valence-electron chi connectivity index (χ3n) is 3.93. The first-order chi connectivity index (χ1) is 12.4. The Balaban J connectivity index is 1.55. The van der Waals surface area contributed by atoms with Gasteiger partial charge in [0.25, 0.3) is 0 Å². The van der Waals surface area contributed by atoms with E-state index in [0.29, 0.717) is 19.3 Å². The van der Waals surface area contributed by atoms with Gasteiger partial charge < -0.3 is 9.84 Å². The molecule has 0 fully saturated rings. The topological polar surface area (TPSA) is 68.0 Å². The number of benzene rings is 1. The number of carbonyl (C=O) groups excluding carboxylic acids is 1. The van der Waals surface area contributed by atoms with E-state index in [1.165, 1.54) is 0 Å². The summed E-state index contributed by atoms with van der Waals surface area (Å²) in [4.78, 5) is 15.2. The molecule has 0 bridgehead atoms. The molecule has 1 aromatic heterocycles. The molecule has 0 aliphatic carbocycles. The lowest BCUT2D eigenvalue weighted by Gasteiger charge is -2.07. The molecule has 1 amide bonds. The number of anilines is 1. The van der Waals surface area contributed by atoms with Gasteiger partial charge in [0.2, 0.25) is 5.91 Å². The van der Waals surface area contributed by atoms with Crippen LogP contribution in [0.5, 0.6) is 0 Å². The average molecular weight is 369 g/mol. The molecule has 0 saturated carbocycles. The summed E-state index contributed by atoms with van der Waals surface area (Å²) in [6.07, 6.45) is 0.314. The normalized spacial score (nSPS) is 11.5.